The summed E-state index contributed by atoms with van der Waals surface area (Å²) >= 11 is 0. The van der Waals surface area contributed by atoms with Crippen LogP contribution in [0.5, 0.6) is 0 Å². The molecule has 1 amide bonds. The van der Waals surface area contributed by atoms with Crippen molar-refractivity contribution in [2.45, 2.75) is 96.3 Å². The van der Waals surface area contributed by atoms with Crippen molar-refractivity contribution in [3.63, 3.8) is 0 Å². The number of alkyl halides is 3. The third-order valence-corrected chi connectivity index (χ3v) is 6.49. The fourth-order valence-electron chi connectivity index (χ4n) is 4.44. The molecule has 2 rings (SSSR count). The SMILES string of the molecule is CCCCCCCCCc1ccc(CNC2CCC(C(=O)O)(C(=O)NCC(F)(F)F)C2)cc1.Cl.Cl. The summed E-state index contributed by atoms with van der Waals surface area (Å²) < 4.78 is 37.2. The van der Waals surface area contributed by atoms with Crippen LogP contribution in [0.15, 0.2) is 24.3 Å². The smallest absolute Gasteiger partial charge is 0.405 e. The van der Waals surface area contributed by atoms with Crippen molar-refractivity contribution < 1.29 is 27.9 Å². The number of hydrogen-bond donors (Lipinski definition) is 3. The topological polar surface area (TPSA) is 78.4 Å². The first kappa shape index (κ1) is 33.5. The molecule has 1 aromatic rings. The van der Waals surface area contributed by atoms with Gasteiger partial charge in [-0.05, 0) is 43.2 Å². The minimum Gasteiger partial charge on any atom is -0.480 e. The summed E-state index contributed by atoms with van der Waals surface area (Å²) in [5, 5.41) is 14.6. The van der Waals surface area contributed by atoms with Crippen LogP contribution in [0, 0.1) is 5.41 Å². The third-order valence-electron chi connectivity index (χ3n) is 6.49. The molecule has 5 nitrogen and oxygen atoms in total. The van der Waals surface area contributed by atoms with Gasteiger partial charge in [0.25, 0.3) is 0 Å². The number of carbonyl (C=O) groups is 2. The van der Waals surface area contributed by atoms with E-state index in [1.54, 1.807) is 5.32 Å². The van der Waals surface area contributed by atoms with Gasteiger partial charge < -0.3 is 15.7 Å². The molecule has 1 fully saturated rings. The van der Waals surface area contributed by atoms with Gasteiger partial charge in [-0.1, -0.05) is 69.7 Å². The maximum atomic E-state index is 12.4. The van der Waals surface area contributed by atoms with E-state index in [1.165, 1.54) is 50.5 Å². The zero-order valence-corrected chi connectivity index (χ0v) is 21.9. The predicted octanol–water partition coefficient (Wildman–Crippen LogP) is 6.21. The number of aliphatic carboxylic acids is 1. The Morgan fingerprint density at radius 1 is 1.00 bits per heavy atom. The lowest BCUT2D eigenvalue weighted by Crippen LogP contribution is -2.48. The number of unbranched alkanes of at least 4 members (excludes halogenated alkanes) is 6. The first-order valence-electron chi connectivity index (χ1n) is 12.1. The molecule has 0 radical (unpaired) electrons. The van der Waals surface area contributed by atoms with Gasteiger partial charge in [0, 0.05) is 12.6 Å². The molecule has 0 saturated heterocycles. The summed E-state index contributed by atoms with van der Waals surface area (Å²) in [6, 6.07) is 8.05. The average Bonchev–Trinajstić information content (AvgIpc) is 3.21. The van der Waals surface area contributed by atoms with Gasteiger partial charge >= 0.3 is 12.1 Å². The molecule has 10 heteroatoms. The van der Waals surface area contributed by atoms with Crippen LogP contribution in [0.25, 0.3) is 0 Å². The summed E-state index contributed by atoms with van der Waals surface area (Å²) in [6.45, 7) is 1.21. The Balaban J connectivity index is 0.00000578. The number of hydrogen-bond acceptors (Lipinski definition) is 3. The zero-order valence-electron chi connectivity index (χ0n) is 20.3. The Hall–Kier alpha value is -1.51. The van der Waals surface area contributed by atoms with Crippen LogP contribution in [0.1, 0.15) is 82.3 Å². The zero-order chi connectivity index (χ0) is 24.3. The third kappa shape index (κ3) is 11.4. The van der Waals surface area contributed by atoms with Crippen LogP contribution in [0.4, 0.5) is 13.2 Å². The monoisotopic (exact) mass is 542 g/mol. The summed E-state index contributed by atoms with van der Waals surface area (Å²) in [7, 11) is 0. The molecule has 35 heavy (non-hydrogen) atoms. The maximum absolute atomic E-state index is 12.4. The van der Waals surface area contributed by atoms with Crippen molar-refractivity contribution in [3.8, 4) is 0 Å². The standard InChI is InChI=1S/C25H37F3N2O3.2ClH/c1-2-3-4-5-6-7-8-9-19-10-12-20(13-11-19)17-29-21-14-15-24(16-21,23(32)33)22(31)30-18-25(26,27)28;;/h10-13,21,29H,2-9,14-18H2,1H3,(H,30,31)(H,32,33);2*1H. The van der Waals surface area contributed by atoms with E-state index >= 15 is 0 Å². The Morgan fingerprint density at radius 2 is 1.57 bits per heavy atom. The number of nitrogens with one attached hydrogen (secondary N) is 2. The summed E-state index contributed by atoms with van der Waals surface area (Å²) in [6.07, 6.45) is 5.82. The molecule has 0 bridgehead atoms. The molecule has 1 aromatic carbocycles. The highest BCUT2D eigenvalue weighted by atomic mass is 35.5. The lowest BCUT2D eigenvalue weighted by molar-refractivity contribution is -0.159. The fraction of sp³-hybridized carbons (Fsp3) is 0.680. The van der Waals surface area contributed by atoms with Crippen LogP contribution in [0.2, 0.25) is 0 Å². The van der Waals surface area contributed by atoms with Crippen molar-refractivity contribution in [3.05, 3.63) is 35.4 Å². The van der Waals surface area contributed by atoms with Crippen molar-refractivity contribution >= 4 is 36.7 Å². The van der Waals surface area contributed by atoms with Gasteiger partial charge in [-0.3, -0.25) is 9.59 Å². The number of carbonyl (C=O) groups excluding carboxylic acids is 1. The lowest BCUT2D eigenvalue weighted by Gasteiger charge is -2.24. The van der Waals surface area contributed by atoms with E-state index in [2.05, 4.69) is 24.4 Å². The second-order valence-electron chi connectivity index (χ2n) is 9.19. The Kier molecular flexibility index (Phi) is 15.6. The van der Waals surface area contributed by atoms with Crippen molar-refractivity contribution in [1.82, 2.24) is 10.6 Å². The number of carboxylic acids is 1. The van der Waals surface area contributed by atoms with Crippen LogP contribution in [-0.2, 0) is 22.6 Å². The van der Waals surface area contributed by atoms with E-state index in [4.69, 9.17) is 0 Å². The van der Waals surface area contributed by atoms with Gasteiger partial charge in [0.1, 0.15) is 12.0 Å². The summed E-state index contributed by atoms with van der Waals surface area (Å²) in [5.74, 6) is -2.44. The van der Waals surface area contributed by atoms with Crippen LogP contribution >= 0.6 is 24.8 Å². The highest BCUT2D eigenvalue weighted by Crippen LogP contribution is 2.39. The second-order valence-corrected chi connectivity index (χ2v) is 9.19. The van der Waals surface area contributed by atoms with Crippen molar-refractivity contribution in [2.24, 2.45) is 5.41 Å². The number of aryl methyl sites for hydroxylation is 1. The molecule has 0 aliphatic heterocycles. The van der Waals surface area contributed by atoms with E-state index in [9.17, 15) is 27.9 Å². The molecule has 0 heterocycles. The number of carboxylic acid groups (broad SMARTS) is 1. The molecule has 1 aliphatic carbocycles. The number of halogens is 5. The average molecular weight is 543 g/mol. The van der Waals surface area contributed by atoms with Crippen molar-refractivity contribution in [1.29, 1.82) is 0 Å². The highest BCUT2D eigenvalue weighted by molar-refractivity contribution is 6.02. The van der Waals surface area contributed by atoms with Gasteiger partial charge in [0.05, 0.1) is 0 Å². The number of benzene rings is 1. The Bertz CT molecular complexity index is 763. The molecule has 0 aromatic heterocycles. The Labute approximate surface area is 218 Å². The minimum absolute atomic E-state index is 0. The van der Waals surface area contributed by atoms with E-state index in [0.717, 1.165) is 12.0 Å². The van der Waals surface area contributed by atoms with Crippen LogP contribution in [0.3, 0.4) is 0 Å². The first-order valence-corrected chi connectivity index (χ1v) is 12.1. The molecule has 1 saturated carbocycles. The molecule has 2 unspecified atom stereocenters. The second kappa shape index (κ2) is 16.3. The van der Waals surface area contributed by atoms with E-state index in [-0.39, 0.29) is 43.7 Å². The quantitative estimate of drug-likeness (QED) is 0.193. The lowest BCUT2D eigenvalue weighted by atomic mass is 9.85. The van der Waals surface area contributed by atoms with Crippen molar-refractivity contribution in [2.75, 3.05) is 6.54 Å². The molecule has 0 spiro atoms. The highest BCUT2D eigenvalue weighted by Gasteiger charge is 2.52. The predicted molar refractivity (Wildman–Crippen MR) is 136 cm³/mol. The van der Waals surface area contributed by atoms with Gasteiger partial charge in [-0.25, -0.2) is 0 Å². The number of amides is 1. The van der Waals surface area contributed by atoms with Gasteiger partial charge in [0.15, 0.2) is 0 Å². The minimum atomic E-state index is -4.58. The maximum Gasteiger partial charge on any atom is 0.405 e. The van der Waals surface area contributed by atoms with E-state index in [0.29, 0.717) is 13.0 Å². The molecule has 202 valence electrons. The molecule has 3 N–H and O–H groups in total. The van der Waals surface area contributed by atoms with Crippen LogP contribution in [-0.4, -0.2) is 35.7 Å². The normalized spacial score (nSPS) is 19.5. The molecule has 1 aliphatic rings. The molecular formula is C25H39Cl2F3N2O3. The summed E-state index contributed by atoms with van der Waals surface area (Å²) in [4.78, 5) is 24.0. The molecular weight excluding hydrogens is 504 g/mol. The largest absolute Gasteiger partial charge is 0.480 e. The van der Waals surface area contributed by atoms with Gasteiger partial charge in [0.2, 0.25) is 5.91 Å². The Morgan fingerprint density at radius 3 is 2.14 bits per heavy atom. The van der Waals surface area contributed by atoms with Gasteiger partial charge in [-0.15, -0.1) is 24.8 Å². The van der Waals surface area contributed by atoms with Gasteiger partial charge in [-0.2, -0.15) is 13.2 Å². The number of rotatable bonds is 14. The van der Waals surface area contributed by atoms with E-state index in [1.807, 2.05) is 12.1 Å². The van der Waals surface area contributed by atoms with Crippen LogP contribution < -0.4 is 10.6 Å². The fourth-order valence-corrected chi connectivity index (χ4v) is 4.44. The van der Waals surface area contributed by atoms with E-state index < -0.39 is 30.0 Å². The summed E-state index contributed by atoms with van der Waals surface area (Å²) in [5.41, 5.74) is 0.524. The first-order chi connectivity index (χ1) is 15.7. The molecule has 2 atom stereocenters.